The topological polar surface area (TPSA) is 201 Å². The molecule has 1 unspecified atom stereocenters. The lowest BCUT2D eigenvalue weighted by molar-refractivity contribution is -0.0268. The molecule has 2 aliphatic carbocycles. The molecular formula is C13H21N3O10P2. The minimum absolute atomic E-state index is 0.156. The average molecular weight is 441 g/mol. The second-order valence-electron chi connectivity index (χ2n) is 6.91. The molecule has 1 aromatic rings. The molecule has 0 radical (unpaired) electrons. The van der Waals surface area contributed by atoms with E-state index in [1.807, 2.05) is 0 Å². The van der Waals surface area contributed by atoms with Gasteiger partial charge in [-0.3, -0.25) is 18.5 Å². The summed E-state index contributed by atoms with van der Waals surface area (Å²) in [5.74, 6) is -2.45. The molecule has 1 aromatic heterocycles. The molecule has 13 nitrogen and oxygen atoms in total. The van der Waals surface area contributed by atoms with E-state index in [1.165, 1.54) is 23.9 Å². The van der Waals surface area contributed by atoms with E-state index in [0.717, 1.165) is 0 Å². The van der Waals surface area contributed by atoms with Gasteiger partial charge in [-0.05, 0) is 18.4 Å². The van der Waals surface area contributed by atoms with Crippen LogP contribution < -0.4 is 11.2 Å². The predicted molar refractivity (Wildman–Crippen MR) is 93.4 cm³/mol. The number of anilines is 1. The second kappa shape index (κ2) is 7.28. The molecule has 3 rings (SSSR count). The van der Waals surface area contributed by atoms with Gasteiger partial charge in [0.1, 0.15) is 6.10 Å². The molecule has 0 spiro atoms. The van der Waals surface area contributed by atoms with E-state index in [2.05, 4.69) is 15.3 Å². The van der Waals surface area contributed by atoms with Crippen molar-refractivity contribution in [2.24, 2.45) is 11.8 Å². The number of rotatable bonds is 8. The molecule has 2 aliphatic rings. The van der Waals surface area contributed by atoms with Crippen molar-refractivity contribution >= 4 is 21.0 Å². The van der Waals surface area contributed by atoms with Crippen LogP contribution in [0.5, 0.6) is 0 Å². The van der Waals surface area contributed by atoms with Crippen molar-refractivity contribution in [3.63, 3.8) is 0 Å². The first kappa shape index (κ1) is 21.6. The molecule has 0 amide bonds. The van der Waals surface area contributed by atoms with Crippen LogP contribution in [-0.2, 0) is 24.0 Å². The Morgan fingerprint density at radius 2 is 2.04 bits per heavy atom. The Hall–Kier alpha value is -1.14. The van der Waals surface area contributed by atoms with E-state index in [4.69, 9.17) is 14.3 Å². The quantitative estimate of drug-likeness (QED) is 0.204. The molecule has 158 valence electrons. The fourth-order valence-corrected chi connectivity index (χ4v) is 6.51. The molecule has 6 atom stereocenters. The van der Waals surface area contributed by atoms with Crippen LogP contribution in [0.2, 0.25) is 0 Å². The first-order valence-corrected chi connectivity index (χ1v) is 11.7. The number of aliphatic hydroxyl groups is 2. The summed E-state index contributed by atoms with van der Waals surface area (Å²) >= 11 is 0. The van der Waals surface area contributed by atoms with Gasteiger partial charge in [0.15, 0.2) is 11.7 Å². The van der Waals surface area contributed by atoms with Crippen molar-refractivity contribution in [1.82, 2.24) is 9.55 Å². The Kier molecular flexibility index (Phi) is 5.61. The van der Waals surface area contributed by atoms with Crippen molar-refractivity contribution in [1.29, 1.82) is 0 Å². The molecule has 6 N–H and O–H groups in total. The molecule has 2 saturated carbocycles. The number of nitrogens with one attached hydrogen (secondary N) is 1. The highest BCUT2D eigenvalue weighted by atomic mass is 31.2. The molecule has 0 aliphatic heterocycles. The Balaban J connectivity index is 1.77. The highest BCUT2D eigenvalue weighted by Crippen LogP contribution is 2.64. The normalized spacial score (nSPS) is 33.9. The van der Waals surface area contributed by atoms with Gasteiger partial charge in [-0.2, -0.15) is 4.98 Å². The zero-order valence-electron chi connectivity index (χ0n) is 14.7. The number of hydrogen-bond donors (Lipinski definition) is 6. The summed E-state index contributed by atoms with van der Waals surface area (Å²) in [5, 5.41) is 20.8. The third-order valence-electron chi connectivity index (χ3n) is 5.11. The van der Waals surface area contributed by atoms with Crippen molar-refractivity contribution in [3.05, 3.63) is 22.7 Å². The predicted octanol–water partition coefficient (Wildman–Crippen LogP) is -1.38. The first-order valence-electron chi connectivity index (χ1n) is 8.17. The molecule has 2 fully saturated rings. The van der Waals surface area contributed by atoms with E-state index in [0.29, 0.717) is 6.42 Å². The van der Waals surface area contributed by atoms with Crippen molar-refractivity contribution in [2.75, 3.05) is 25.1 Å². The van der Waals surface area contributed by atoms with Crippen LogP contribution >= 0.6 is 15.2 Å². The van der Waals surface area contributed by atoms with E-state index in [1.54, 1.807) is 0 Å². The van der Waals surface area contributed by atoms with Crippen LogP contribution in [0.3, 0.4) is 0 Å². The maximum atomic E-state index is 12.3. The summed E-state index contributed by atoms with van der Waals surface area (Å²) in [6.07, 6.45) is -1.03. The summed E-state index contributed by atoms with van der Waals surface area (Å²) in [5.41, 5.74) is 0.576. The summed E-state index contributed by atoms with van der Waals surface area (Å²) < 4.78 is 28.7. The second-order valence-corrected chi connectivity index (χ2v) is 10.9. The molecule has 0 saturated heterocycles. The van der Waals surface area contributed by atoms with Crippen LogP contribution in [0.4, 0.5) is 5.82 Å². The van der Waals surface area contributed by atoms with Gasteiger partial charge in [0, 0.05) is 12.1 Å². The Labute approximate surface area is 158 Å². The molecule has 15 heteroatoms. The van der Waals surface area contributed by atoms with E-state index < -0.39 is 63.0 Å². The summed E-state index contributed by atoms with van der Waals surface area (Å²) in [7, 11) is -8.03. The SMILES string of the molecule is CONc1ccn([C@]23C[C@H]2[C@H](COP(=O)(O)CP(=O)(O)O)[C@@H](O)[C@H]3O)c(=O)n1. The lowest BCUT2D eigenvalue weighted by Gasteiger charge is -2.25. The molecule has 0 bridgehead atoms. The number of aromatic nitrogens is 2. The largest absolute Gasteiger partial charge is 0.390 e. The van der Waals surface area contributed by atoms with Gasteiger partial charge < -0.3 is 29.4 Å². The van der Waals surface area contributed by atoms with E-state index in [-0.39, 0.29) is 5.82 Å². The highest BCUT2D eigenvalue weighted by molar-refractivity contribution is 7.70. The fourth-order valence-electron chi connectivity index (χ4n) is 3.92. The van der Waals surface area contributed by atoms with Gasteiger partial charge in [-0.25, -0.2) is 10.3 Å². The summed E-state index contributed by atoms with van der Waals surface area (Å²) in [4.78, 5) is 48.0. The monoisotopic (exact) mass is 441 g/mol. The van der Waals surface area contributed by atoms with Crippen LogP contribution in [0, 0.1) is 11.8 Å². The van der Waals surface area contributed by atoms with Gasteiger partial charge in [0.25, 0.3) is 0 Å². The van der Waals surface area contributed by atoms with Gasteiger partial charge in [0.2, 0.25) is 0 Å². The summed E-state index contributed by atoms with van der Waals surface area (Å²) in [6, 6.07) is 1.44. The number of fused-ring (bicyclic) bond motifs is 1. The number of hydrogen-bond acceptors (Lipinski definition) is 9. The Morgan fingerprint density at radius 1 is 1.36 bits per heavy atom. The van der Waals surface area contributed by atoms with E-state index >= 15 is 0 Å². The van der Waals surface area contributed by atoms with Gasteiger partial charge in [0.05, 0.1) is 25.4 Å². The minimum Gasteiger partial charge on any atom is -0.390 e. The Bertz CT molecular complexity index is 903. The smallest absolute Gasteiger partial charge is 0.350 e. The van der Waals surface area contributed by atoms with Crippen molar-refractivity contribution in [2.45, 2.75) is 24.2 Å². The molecule has 1 heterocycles. The zero-order valence-corrected chi connectivity index (χ0v) is 16.4. The van der Waals surface area contributed by atoms with Crippen LogP contribution in [0.15, 0.2) is 17.1 Å². The lowest BCUT2D eigenvalue weighted by Crippen LogP contribution is -2.43. The van der Waals surface area contributed by atoms with Crippen LogP contribution in [0.1, 0.15) is 6.42 Å². The van der Waals surface area contributed by atoms with Crippen molar-refractivity contribution in [3.8, 4) is 0 Å². The van der Waals surface area contributed by atoms with Gasteiger partial charge >= 0.3 is 20.9 Å². The average Bonchev–Trinajstić information content (AvgIpc) is 3.23. The van der Waals surface area contributed by atoms with Crippen LogP contribution in [0.25, 0.3) is 0 Å². The Morgan fingerprint density at radius 3 is 2.61 bits per heavy atom. The maximum Gasteiger partial charge on any atom is 0.350 e. The van der Waals surface area contributed by atoms with E-state index in [9.17, 15) is 29.0 Å². The molecule has 28 heavy (non-hydrogen) atoms. The van der Waals surface area contributed by atoms with Gasteiger partial charge in [-0.1, -0.05) is 0 Å². The summed E-state index contributed by atoms with van der Waals surface area (Å²) in [6.45, 7) is -0.510. The first-order chi connectivity index (χ1) is 12.9. The maximum absolute atomic E-state index is 12.3. The third kappa shape index (κ3) is 3.95. The standard InChI is InChI=1S/C13H21N3O10P2/c1-25-15-9-2-3-16(12(19)14-9)13-4-8(13)7(10(17)11(13)18)5-26-28(23,24)6-27(20,21)22/h2-3,7-8,10-11,17-18H,4-6H2,1H3,(H,23,24)(H,14,15,19)(H2,20,21,22)/t7-,8-,10+,11+,13+/m0/s1. The fraction of sp³-hybridized carbons (Fsp3) is 0.692. The van der Waals surface area contributed by atoms with Gasteiger partial charge in [-0.15, -0.1) is 0 Å². The highest BCUT2D eigenvalue weighted by Gasteiger charge is 2.72. The molecule has 0 aromatic carbocycles. The van der Waals surface area contributed by atoms with Crippen LogP contribution in [-0.4, -0.2) is 66.3 Å². The molecular weight excluding hydrogens is 420 g/mol. The number of aliphatic hydroxyl groups excluding tert-OH is 2. The number of nitrogens with zero attached hydrogens (tertiary/aromatic N) is 2. The minimum atomic E-state index is -4.78. The third-order valence-corrected chi connectivity index (χ3v) is 8.57. The zero-order chi connectivity index (χ0) is 20.9. The lowest BCUT2D eigenvalue weighted by atomic mass is 10.0. The van der Waals surface area contributed by atoms with Crippen molar-refractivity contribution < 1.29 is 43.4 Å².